The molecular formula is C11H17NS. The fraction of sp³-hybridized carbons (Fsp3) is 0.455. The van der Waals surface area contributed by atoms with Crippen LogP contribution in [0.5, 0.6) is 0 Å². The Bertz CT molecular complexity index is 271. The maximum absolute atomic E-state index is 2.28. The molecule has 1 aromatic carbocycles. The second kappa shape index (κ2) is 4.56. The molecule has 2 heteroatoms. The summed E-state index contributed by atoms with van der Waals surface area (Å²) in [6.07, 6.45) is 2.11. The van der Waals surface area contributed by atoms with E-state index in [0.29, 0.717) is 6.04 Å². The molecule has 0 aromatic heterocycles. The number of benzene rings is 1. The van der Waals surface area contributed by atoms with E-state index in [1.807, 2.05) is 0 Å². The Kier molecular flexibility index (Phi) is 3.67. The molecule has 1 nitrogen and oxygen atoms in total. The minimum Gasteiger partial charge on any atom is -0.372 e. The molecule has 0 heterocycles. The van der Waals surface area contributed by atoms with E-state index in [1.54, 1.807) is 11.8 Å². The van der Waals surface area contributed by atoms with Crippen LogP contribution in [0.25, 0.3) is 0 Å². The van der Waals surface area contributed by atoms with Crippen molar-refractivity contribution in [1.82, 2.24) is 0 Å². The molecule has 0 unspecified atom stereocenters. The minimum absolute atomic E-state index is 0.553. The number of rotatable bonds is 3. The monoisotopic (exact) mass is 195 g/mol. The summed E-state index contributed by atoms with van der Waals surface area (Å²) in [5, 5.41) is 0. The second-order valence-electron chi connectivity index (χ2n) is 3.41. The molecule has 1 rings (SSSR count). The van der Waals surface area contributed by atoms with Gasteiger partial charge in [0.05, 0.1) is 0 Å². The Morgan fingerprint density at radius 3 is 2.54 bits per heavy atom. The van der Waals surface area contributed by atoms with Crippen LogP contribution >= 0.6 is 11.8 Å². The lowest BCUT2D eigenvalue weighted by Crippen LogP contribution is -2.25. The summed E-state index contributed by atoms with van der Waals surface area (Å²) >= 11 is 1.79. The smallest absolute Gasteiger partial charge is 0.0377 e. The van der Waals surface area contributed by atoms with Gasteiger partial charge in [-0.1, -0.05) is 6.07 Å². The zero-order valence-electron chi connectivity index (χ0n) is 8.74. The number of nitrogens with zero attached hydrogens (tertiary/aromatic N) is 1. The summed E-state index contributed by atoms with van der Waals surface area (Å²) in [4.78, 5) is 3.60. The van der Waals surface area contributed by atoms with Gasteiger partial charge in [0.1, 0.15) is 0 Å². The van der Waals surface area contributed by atoms with Gasteiger partial charge >= 0.3 is 0 Å². The third-order valence-electron chi connectivity index (χ3n) is 2.24. The Balaban J connectivity index is 2.88. The molecule has 0 spiro atoms. The Hall–Kier alpha value is -0.630. The van der Waals surface area contributed by atoms with Crippen LogP contribution in [0, 0.1) is 0 Å². The summed E-state index contributed by atoms with van der Waals surface area (Å²) in [6.45, 7) is 4.40. The van der Waals surface area contributed by atoms with E-state index in [2.05, 4.69) is 56.3 Å². The topological polar surface area (TPSA) is 3.24 Å². The highest BCUT2D eigenvalue weighted by molar-refractivity contribution is 7.98. The van der Waals surface area contributed by atoms with Crippen LogP contribution in [0.3, 0.4) is 0 Å². The van der Waals surface area contributed by atoms with Crippen molar-refractivity contribution < 1.29 is 0 Å². The molecule has 0 radical (unpaired) electrons. The van der Waals surface area contributed by atoms with Gasteiger partial charge < -0.3 is 4.90 Å². The maximum atomic E-state index is 2.28. The molecule has 0 saturated heterocycles. The van der Waals surface area contributed by atoms with Crippen molar-refractivity contribution in [2.24, 2.45) is 0 Å². The van der Waals surface area contributed by atoms with Crippen LogP contribution in [0.1, 0.15) is 13.8 Å². The average molecular weight is 195 g/mol. The van der Waals surface area contributed by atoms with Gasteiger partial charge in [-0.25, -0.2) is 0 Å². The van der Waals surface area contributed by atoms with Gasteiger partial charge in [-0.15, -0.1) is 11.8 Å². The molecular weight excluding hydrogens is 178 g/mol. The number of hydrogen-bond acceptors (Lipinski definition) is 2. The van der Waals surface area contributed by atoms with Gasteiger partial charge in [0.15, 0.2) is 0 Å². The highest BCUT2D eigenvalue weighted by atomic mass is 32.2. The minimum atomic E-state index is 0.553. The first-order valence-corrected chi connectivity index (χ1v) is 5.74. The van der Waals surface area contributed by atoms with Gasteiger partial charge in [0.2, 0.25) is 0 Å². The van der Waals surface area contributed by atoms with Crippen molar-refractivity contribution >= 4 is 17.4 Å². The first-order chi connectivity index (χ1) is 6.15. The number of anilines is 1. The van der Waals surface area contributed by atoms with Crippen LogP contribution in [-0.2, 0) is 0 Å². The van der Waals surface area contributed by atoms with Crippen molar-refractivity contribution in [3.05, 3.63) is 24.3 Å². The molecule has 0 aliphatic carbocycles. The fourth-order valence-corrected chi connectivity index (χ4v) is 1.58. The first-order valence-electron chi connectivity index (χ1n) is 4.52. The summed E-state index contributed by atoms with van der Waals surface area (Å²) in [5.41, 5.74) is 1.29. The predicted octanol–water partition coefficient (Wildman–Crippen LogP) is 3.25. The summed E-state index contributed by atoms with van der Waals surface area (Å²) < 4.78 is 0. The Labute approximate surface area is 85.1 Å². The molecule has 0 aliphatic rings. The van der Waals surface area contributed by atoms with Crippen molar-refractivity contribution in [3.8, 4) is 0 Å². The van der Waals surface area contributed by atoms with Gasteiger partial charge in [0, 0.05) is 23.7 Å². The third-order valence-corrected chi connectivity index (χ3v) is 2.96. The molecule has 72 valence electrons. The van der Waals surface area contributed by atoms with Crippen molar-refractivity contribution in [2.45, 2.75) is 24.8 Å². The highest BCUT2D eigenvalue weighted by Crippen LogP contribution is 2.22. The van der Waals surface area contributed by atoms with Crippen LogP contribution in [-0.4, -0.2) is 19.3 Å². The predicted molar refractivity (Wildman–Crippen MR) is 61.8 cm³/mol. The third kappa shape index (κ3) is 2.66. The van der Waals surface area contributed by atoms with E-state index in [9.17, 15) is 0 Å². The van der Waals surface area contributed by atoms with E-state index in [4.69, 9.17) is 0 Å². The van der Waals surface area contributed by atoms with Crippen LogP contribution in [0.2, 0.25) is 0 Å². The lowest BCUT2D eigenvalue weighted by Gasteiger charge is -2.24. The summed E-state index contributed by atoms with van der Waals surface area (Å²) in [5.74, 6) is 0. The highest BCUT2D eigenvalue weighted by Gasteiger charge is 2.04. The molecule has 0 aliphatic heterocycles. The molecule has 0 fully saturated rings. The molecule has 0 atom stereocenters. The van der Waals surface area contributed by atoms with Crippen molar-refractivity contribution in [3.63, 3.8) is 0 Å². The van der Waals surface area contributed by atoms with Gasteiger partial charge in [0.25, 0.3) is 0 Å². The molecule has 1 aromatic rings. The SMILES string of the molecule is CSc1cccc(N(C)C(C)C)c1. The van der Waals surface area contributed by atoms with Crippen LogP contribution < -0.4 is 4.90 Å². The molecule has 0 amide bonds. The molecule has 0 bridgehead atoms. The van der Waals surface area contributed by atoms with Gasteiger partial charge in [-0.2, -0.15) is 0 Å². The van der Waals surface area contributed by atoms with Crippen LogP contribution in [0.4, 0.5) is 5.69 Å². The Morgan fingerprint density at radius 1 is 1.31 bits per heavy atom. The van der Waals surface area contributed by atoms with E-state index in [-0.39, 0.29) is 0 Å². The second-order valence-corrected chi connectivity index (χ2v) is 4.29. The maximum Gasteiger partial charge on any atom is 0.0377 e. The molecule has 0 N–H and O–H groups in total. The molecule has 0 saturated carbocycles. The van der Waals surface area contributed by atoms with E-state index in [0.717, 1.165) is 0 Å². The number of hydrogen-bond donors (Lipinski definition) is 0. The normalized spacial score (nSPS) is 10.5. The Morgan fingerprint density at radius 2 is 2.00 bits per heavy atom. The standard InChI is InChI=1S/C11H17NS/c1-9(2)12(3)10-6-5-7-11(8-10)13-4/h5-9H,1-4H3. The van der Waals surface area contributed by atoms with Gasteiger partial charge in [-0.05, 0) is 38.3 Å². The fourth-order valence-electron chi connectivity index (χ4n) is 1.13. The van der Waals surface area contributed by atoms with Crippen LogP contribution in [0.15, 0.2) is 29.2 Å². The van der Waals surface area contributed by atoms with E-state index >= 15 is 0 Å². The first kappa shape index (κ1) is 10.5. The van der Waals surface area contributed by atoms with Crippen molar-refractivity contribution in [2.75, 3.05) is 18.2 Å². The van der Waals surface area contributed by atoms with Crippen molar-refractivity contribution in [1.29, 1.82) is 0 Å². The van der Waals surface area contributed by atoms with Gasteiger partial charge in [-0.3, -0.25) is 0 Å². The summed E-state index contributed by atoms with van der Waals surface area (Å²) in [7, 11) is 2.13. The van der Waals surface area contributed by atoms with E-state index < -0.39 is 0 Å². The lowest BCUT2D eigenvalue weighted by molar-refractivity contribution is 0.754. The quantitative estimate of drug-likeness (QED) is 0.681. The molecule has 13 heavy (non-hydrogen) atoms. The number of thioether (sulfide) groups is 1. The zero-order chi connectivity index (χ0) is 9.84. The largest absolute Gasteiger partial charge is 0.372 e. The van der Waals surface area contributed by atoms with E-state index in [1.165, 1.54) is 10.6 Å². The summed E-state index contributed by atoms with van der Waals surface area (Å²) in [6, 6.07) is 9.18. The lowest BCUT2D eigenvalue weighted by atomic mass is 10.2. The zero-order valence-corrected chi connectivity index (χ0v) is 9.56. The average Bonchev–Trinajstić information content (AvgIpc) is 2.16.